The van der Waals surface area contributed by atoms with Gasteiger partial charge < -0.3 is 0 Å². The Balaban J connectivity index is 2.68. The molecule has 1 aromatic rings. The van der Waals surface area contributed by atoms with E-state index in [2.05, 4.69) is 31.8 Å². The van der Waals surface area contributed by atoms with Crippen LogP contribution in [0.3, 0.4) is 0 Å². The summed E-state index contributed by atoms with van der Waals surface area (Å²) < 4.78 is 0. The minimum absolute atomic E-state index is 0.592. The Labute approximate surface area is 81.2 Å². The van der Waals surface area contributed by atoms with Gasteiger partial charge in [-0.05, 0) is 29.9 Å². The topological polar surface area (TPSA) is 12.9 Å². The zero-order valence-corrected chi connectivity index (χ0v) is 8.88. The highest BCUT2D eigenvalue weighted by Gasteiger charge is 2.00. The van der Waals surface area contributed by atoms with Crippen LogP contribution >= 0.6 is 0 Å². The molecule has 0 atom stereocenters. The van der Waals surface area contributed by atoms with Crippen LogP contribution in [0, 0.1) is 0 Å². The van der Waals surface area contributed by atoms with Crippen molar-refractivity contribution in [2.75, 3.05) is 0 Å². The number of unbranched alkanes of at least 4 members (excludes halogenated alkanes) is 1. The molecule has 0 unspecified atom stereocenters. The summed E-state index contributed by atoms with van der Waals surface area (Å²) in [5.41, 5.74) is 2.74. The summed E-state index contributed by atoms with van der Waals surface area (Å²) >= 11 is 0. The highest BCUT2D eigenvalue weighted by Crippen LogP contribution is 2.15. The van der Waals surface area contributed by atoms with E-state index < -0.39 is 0 Å². The lowest BCUT2D eigenvalue weighted by atomic mass is 10.0. The molecule has 72 valence electrons. The van der Waals surface area contributed by atoms with E-state index in [4.69, 9.17) is 0 Å². The number of hydrogen-bond acceptors (Lipinski definition) is 1. The third-order valence-corrected chi connectivity index (χ3v) is 2.30. The van der Waals surface area contributed by atoms with E-state index in [9.17, 15) is 0 Å². The molecule has 1 heteroatoms. The van der Waals surface area contributed by atoms with Crippen LogP contribution in [-0.2, 0) is 6.42 Å². The van der Waals surface area contributed by atoms with Crippen LogP contribution in [0.2, 0.25) is 0 Å². The molecule has 0 N–H and O–H groups in total. The number of aryl methyl sites for hydroxylation is 1. The van der Waals surface area contributed by atoms with Gasteiger partial charge in [-0.25, -0.2) is 0 Å². The van der Waals surface area contributed by atoms with Crippen molar-refractivity contribution in [3.05, 3.63) is 29.6 Å². The summed E-state index contributed by atoms with van der Waals surface area (Å²) in [7, 11) is 0. The van der Waals surface area contributed by atoms with Crippen LogP contribution in [0.15, 0.2) is 18.5 Å². The Morgan fingerprint density at radius 3 is 2.69 bits per heavy atom. The Bertz CT molecular complexity index is 253. The molecule has 1 heterocycles. The van der Waals surface area contributed by atoms with Gasteiger partial charge in [-0.3, -0.25) is 4.98 Å². The summed E-state index contributed by atoms with van der Waals surface area (Å²) in [4.78, 5) is 4.26. The van der Waals surface area contributed by atoms with Crippen molar-refractivity contribution < 1.29 is 0 Å². The van der Waals surface area contributed by atoms with E-state index in [-0.39, 0.29) is 0 Å². The van der Waals surface area contributed by atoms with Gasteiger partial charge >= 0.3 is 0 Å². The van der Waals surface area contributed by atoms with Gasteiger partial charge in [0.15, 0.2) is 0 Å². The van der Waals surface area contributed by atoms with E-state index in [1.165, 1.54) is 30.4 Å². The second-order valence-corrected chi connectivity index (χ2v) is 3.88. The second-order valence-electron chi connectivity index (χ2n) is 3.88. The molecule has 0 saturated heterocycles. The average molecular weight is 177 g/mol. The smallest absolute Gasteiger partial charge is 0.0302 e. The Hall–Kier alpha value is -0.850. The number of pyridine rings is 1. The van der Waals surface area contributed by atoms with Crippen molar-refractivity contribution in [3.63, 3.8) is 0 Å². The minimum Gasteiger partial charge on any atom is -0.264 e. The maximum Gasteiger partial charge on any atom is 0.0302 e. The van der Waals surface area contributed by atoms with Crippen molar-refractivity contribution in [2.45, 2.75) is 46.0 Å². The number of hydrogen-bond donors (Lipinski definition) is 0. The summed E-state index contributed by atoms with van der Waals surface area (Å²) in [5, 5.41) is 0. The Kier molecular flexibility index (Phi) is 3.94. The first-order valence-corrected chi connectivity index (χ1v) is 5.18. The number of aromatic nitrogens is 1. The third kappa shape index (κ3) is 3.17. The van der Waals surface area contributed by atoms with Gasteiger partial charge in [-0.1, -0.05) is 33.3 Å². The maximum absolute atomic E-state index is 4.26. The summed E-state index contributed by atoms with van der Waals surface area (Å²) in [6, 6.07) is 2.29. The van der Waals surface area contributed by atoms with Crippen molar-refractivity contribution in [2.24, 2.45) is 0 Å². The number of nitrogens with zero attached hydrogens (tertiary/aromatic N) is 1. The zero-order valence-electron chi connectivity index (χ0n) is 8.88. The van der Waals surface area contributed by atoms with Crippen LogP contribution in [0.25, 0.3) is 0 Å². The molecule has 1 rings (SSSR count). The minimum atomic E-state index is 0.592. The van der Waals surface area contributed by atoms with E-state index >= 15 is 0 Å². The van der Waals surface area contributed by atoms with Crippen molar-refractivity contribution in [3.8, 4) is 0 Å². The summed E-state index contributed by atoms with van der Waals surface area (Å²) in [6.45, 7) is 6.64. The molecule has 0 spiro atoms. The Morgan fingerprint density at radius 2 is 2.08 bits per heavy atom. The van der Waals surface area contributed by atoms with Gasteiger partial charge in [0.2, 0.25) is 0 Å². The van der Waals surface area contributed by atoms with Crippen LogP contribution < -0.4 is 0 Å². The molecular weight excluding hydrogens is 158 g/mol. The quantitative estimate of drug-likeness (QED) is 0.685. The lowest BCUT2D eigenvalue weighted by molar-refractivity contribution is 0.784. The fourth-order valence-electron chi connectivity index (χ4n) is 1.34. The predicted molar refractivity (Wildman–Crippen MR) is 56.9 cm³/mol. The highest BCUT2D eigenvalue weighted by molar-refractivity contribution is 5.20. The lowest BCUT2D eigenvalue weighted by Gasteiger charge is -2.06. The van der Waals surface area contributed by atoms with Crippen LogP contribution in [0.1, 0.15) is 50.7 Å². The fraction of sp³-hybridized carbons (Fsp3) is 0.583. The fourth-order valence-corrected chi connectivity index (χ4v) is 1.34. The van der Waals surface area contributed by atoms with Gasteiger partial charge in [0.25, 0.3) is 0 Å². The normalized spacial score (nSPS) is 10.8. The second kappa shape index (κ2) is 5.00. The molecule has 0 amide bonds. The summed E-state index contributed by atoms with van der Waals surface area (Å²) in [6.07, 6.45) is 7.65. The monoisotopic (exact) mass is 177 g/mol. The molecule has 1 nitrogen and oxygen atoms in total. The standard InChI is InChI=1S/C12H19N/c1-4-5-6-11-7-12(10(2)3)9-13-8-11/h7-10H,4-6H2,1-3H3. The zero-order chi connectivity index (χ0) is 9.68. The first-order valence-electron chi connectivity index (χ1n) is 5.18. The molecule has 1 aromatic heterocycles. The summed E-state index contributed by atoms with van der Waals surface area (Å²) in [5.74, 6) is 0.592. The van der Waals surface area contributed by atoms with Gasteiger partial charge in [0.05, 0.1) is 0 Å². The van der Waals surface area contributed by atoms with Gasteiger partial charge in [0.1, 0.15) is 0 Å². The first-order chi connectivity index (χ1) is 6.24. The SMILES string of the molecule is CCCCc1cncc(C(C)C)c1. The molecule has 0 aliphatic rings. The molecule has 0 aromatic carbocycles. The predicted octanol–water partition coefficient (Wildman–Crippen LogP) is 3.55. The maximum atomic E-state index is 4.26. The van der Waals surface area contributed by atoms with E-state index in [0.29, 0.717) is 5.92 Å². The first kappa shape index (κ1) is 10.2. The van der Waals surface area contributed by atoms with Crippen LogP contribution in [0.5, 0.6) is 0 Å². The molecule has 13 heavy (non-hydrogen) atoms. The van der Waals surface area contributed by atoms with Gasteiger partial charge in [0, 0.05) is 12.4 Å². The average Bonchev–Trinajstić information content (AvgIpc) is 2.15. The van der Waals surface area contributed by atoms with Crippen molar-refractivity contribution in [1.29, 1.82) is 0 Å². The van der Waals surface area contributed by atoms with Crippen LogP contribution in [0.4, 0.5) is 0 Å². The molecule has 0 radical (unpaired) electrons. The van der Waals surface area contributed by atoms with E-state index in [0.717, 1.165) is 0 Å². The third-order valence-electron chi connectivity index (χ3n) is 2.30. The van der Waals surface area contributed by atoms with E-state index in [1.807, 2.05) is 12.4 Å². The van der Waals surface area contributed by atoms with Crippen molar-refractivity contribution >= 4 is 0 Å². The molecule has 0 aliphatic heterocycles. The van der Waals surface area contributed by atoms with Crippen molar-refractivity contribution in [1.82, 2.24) is 4.98 Å². The highest BCUT2D eigenvalue weighted by atomic mass is 14.6. The molecule has 0 aliphatic carbocycles. The molecule has 0 bridgehead atoms. The van der Waals surface area contributed by atoms with Gasteiger partial charge in [-0.2, -0.15) is 0 Å². The van der Waals surface area contributed by atoms with Gasteiger partial charge in [-0.15, -0.1) is 0 Å². The molecule has 0 saturated carbocycles. The molecular formula is C12H19N. The number of rotatable bonds is 4. The Morgan fingerprint density at radius 1 is 1.31 bits per heavy atom. The van der Waals surface area contributed by atoms with E-state index in [1.54, 1.807) is 0 Å². The van der Waals surface area contributed by atoms with Crippen LogP contribution in [-0.4, -0.2) is 4.98 Å². The molecule has 0 fully saturated rings. The lowest BCUT2D eigenvalue weighted by Crippen LogP contribution is -1.92. The largest absolute Gasteiger partial charge is 0.264 e.